The van der Waals surface area contributed by atoms with Gasteiger partial charge in [-0.1, -0.05) is 0 Å². The Hall–Kier alpha value is 0.873. The van der Waals surface area contributed by atoms with Crippen molar-refractivity contribution >= 4 is 9.69 Å². The normalized spacial score (nSPS) is 5.00. The molecular formula is C4H11ClNRu+. The van der Waals surface area contributed by atoms with Gasteiger partial charge in [-0.05, 0) is 6.54 Å². The van der Waals surface area contributed by atoms with Gasteiger partial charge in [0.05, 0.1) is 0 Å². The van der Waals surface area contributed by atoms with Crippen LogP contribution in [0.1, 0.15) is 6.42 Å². The van der Waals surface area contributed by atoms with E-state index in [4.69, 9.17) is 5.73 Å². The van der Waals surface area contributed by atoms with Crippen LogP contribution in [0.25, 0.3) is 0 Å². The molecule has 0 aliphatic rings. The molecule has 0 amide bonds. The van der Waals surface area contributed by atoms with Gasteiger partial charge in [0, 0.05) is 0 Å². The molecule has 0 heterocycles. The quantitative estimate of drug-likeness (QED) is 0.512. The van der Waals surface area contributed by atoms with Crippen molar-refractivity contribution in [3.8, 4) is 0 Å². The molecule has 1 nitrogen and oxygen atoms in total. The van der Waals surface area contributed by atoms with Crippen LogP contribution in [0.2, 0.25) is 0 Å². The summed E-state index contributed by atoms with van der Waals surface area (Å²) in [5.41, 5.74) is 4.97. The molecule has 0 radical (unpaired) electrons. The van der Waals surface area contributed by atoms with E-state index >= 15 is 0 Å². The van der Waals surface area contributed by atoms with Crippen LogP contribution in [0.3, 0.4) is 0 Å². The van der Waals surface area contributed by atoms with E-state index < -0.39 is 0 Å². The molecule has 0 bridgehead atoms. The van der Waals surface area contributed by atoms with Gasteiger partial charge in [-0.2, -0.15) is 6.42 Å². The zero-order valence-corrected chi connectivity index (χ0v) is 6.92. The Labute approximate surface area is 60.3 Å². The van der Waals surface area contributed by atoms with Crippen LogP contribution in [0, 0.1) is 14.4 Å². The van der Waals surface area contributed by atoms with Gasteiger partial charge < -0.3 is 20.1 Å². The summed E-state index contributed by atoms with van der Waals surface area (Å²) < 4.78 is 0. The first-order valence-electron chi connectivity index (χ1n) is 1.54. The second-order valence-electron chi connectivity index (χ2n) is 0.642. The van der Waals surface area contributed by atoms with Gasteiger partial charge in [0.1, 0.15) is 0 Å². The average molecular weight is 210 g/mol. The summed E-state index contributed by atoms with van der Waals surface area (Å²) in [7, 11) is 4.57. The van der Waals surface area contributed by atoms with Crippen molar-refractivity contribution in [2.24, 2.45) is 5.73 Å². The van der Waals surface area contributed by atoms with Crippen molar-refractivity contribution < 1.29 is 17.3 Å². The van der Waals surface area contributed by atoms with Crippen LogP contribution in [0.5, 0.6) is 0 Å². The molecule has 0 unspecified atom stereocenters. The predicted molar refractivity (Wildman–Crippen MR) is 31.3 cm³/mol. The summed E-state index contributed by atoms with van der Waals surface area (Å²) >= 11 is 1.82. The van der Waals surface area contributed by atoms with Crippen LogP contribution >= 0.6 is 9.69 Å². The van der Waals surface area contributed by atoms with Crippen molar-refractivity contribution in [3.05, 3.63) is 14.4 Å². The van der Waals surface area contributed by atoms with Gasteiger partial charge >= 0.3 is 27.0 Å². The van der Waals surface area contributed by atoms with Crippen molar-refractivity contribution in [3.63, 3.8) is 0 Å². The molecule has 3 heteroatoms. The zero-order valence-electron chi connectivity index (χ0n) is 4.43. The Bertz CT molecular complexity index is 13.7. The maximum absolute atomic E-state index is 4.97. The molecule has 0 aliphatic heterocycles. The standard InChI is InChI=1S/C3H8N.CH3.ClH.Ru/c1-2-3-4;;;/h1-4H2;1H3;1H;/q2*-1;;+4/p-1. The molecule has 0 aromatic heterocycles. The first-order valence-corrected chi connectivity index (χ1v) is 3.78. The SMILES string of the molecule is [CH2-]CCN.[CH3-].[Cl][Ru+3]. The summed E-state index contributed by atoms with van der Waals surface area (Å²) in [4.78, 5) is 0. The van der Waals surface area contributed by atoms with Gasteiger partial charge in [0.15, 0.2) is 0 Å². The molecule has 0 fully saturated rings. The average Bonchev–Trinajstić information content (AvgIpc) is 1.72. The van der Waals surface area contributed by atoms with Crippen molar-refractivity contribution in [2.45, 2.75) is 6.42 Å². The van der Waals surface area contributed by atoms with Gasteiger partial charge in [-0.25, -0.2) is 0 Å². The van der Waals surface area contributed by atoms with Crippen LogP contribution in [-0.2, 0) is 17.3 Å². The number of rotatable bonds is 1. The fraction of sp³-hybridized carbons (Fsp3) is 0.500. The van der Waals surface area contributed by atoms with Gasteiger partial charge in [-0.15, -0.1) is 0 Å². The number of hydrogen-bond acceptors (Lipinski definition) is 1. The van der Waals surface area contributed by atoms with E-state index in [1.807, 2.05) is 17.3 Å². The summed E-state index contributed by atoms with van der Waals surface area (Å²) in [5, 5.41) is 0. The maximum atomic E-state index is 4.97. The Kier molecular flexibility index (Phi) is 64.3. The summed E-state index contributed by atoms with van der Waals surface area (Å²) in [5.74, 6) is 0. The third-order valence-corrected chi connectivity index (χ3v) is 0.204. The van der Waals surface area contributed by atoms with Crippen molar-refractivity contribution in [1.29, 1.82) is 0 Å². The summed E-state index contributed by atoms with van der Waals surface area (Å²) in [6.07, 6.45) is 0.847. The van der Waals surface area contributed by atoms with Crippen LogP contribution in [0.15, 0.2) is 0 Å². The molecule has 7 heavy (non-hydrogen) atoms. The topological polar surface area (TPSA) is 26.0 Å². The third kappa shape index (κ3) is 46.5. The van der Waals surface area contributed by atoms with Gasteiger partial charge in [0.2, 0.25) is 0 Å². The third-order valence-electron chi connectivity index (χ3n) is 0.204. The Morgan fingerprint density at radius 2 is 1.71 bits per heavy atom. The number of halogens is 1. The molecule has 0 aliphatic carbocycles. The van der Waals surface area contributed by atoms with E-state index in [-0.39, 0.29) is 7.43 Å². The zero-order chi connectivity index (χ0) is 5.41. The number of nitrogens with two attached hydrogens (primary N) is 1. The molecule has 2 N–H and O–H groups in total. The second kappa shape index (κ2) is 28.7. The summed E-state index contributed by atoms with van der Waals surface area (Å²) in [6, 6.07) is 0. The van der Waals surface area contributed by atoms with E-state index in [1.54, 1.807) is 0 Å². The van der Waals surface area contributed by atoms with E-state index in [1.165, 1.54) is 0 Å². The first-order chi connectivity index (χ1) is 2.91. The molecule has 0 aromatic rings. The minimum atomic E-state index is 0. The van der Waals surface area contributed by atoms with E-state index in [0.29, 0.717) is 6.54 Å². The molecule has 0 saturated heterocycles. The van der Waals surface area contributed by atoms with Crippen LogP contribution < -0.4 is 5.73 Å². The molecule has 0 rings (SSSR count). The van der Waals surface area contributed by atoms with E-state index in [9.17, 15) is 0 Å². The monoisotopic (exact) mass is 210 g/mol. The molecule has 0 saturated carbocycles. The molecular weight excluding hydrogens is 199 g/mol. The van der Waals surface area contributed by atoms with Gasteiger partial charge in [0.25, 0.3) is 0 Å². The molecule has 46 valence electrons. The Morgan fingerprint density at radius 1 is 1.57 bits per heavy atom. The van der Waals surface area contributed by atoms with Gasteiger partial charge in [-0.3, -0.25) is 0 Å². The fourth-order valence-electron chi connectivity index (χ4n) is 0. The Balaban J connectivity index is -0.0000000480. The first kappa shape index (κ1) is 15.7. The second-order valence-corrected chi connectivity index (χ2v) is 0.642. The molecule has 0 atom stereocenters. The fourth-order valence-corrected chi connectivity index (χ4v) is 0. The predicted octanol–water partition coefficient (Wildman–Crippen LogP) is 1.31. The van der Waals surface area contributed by atoms with Crippen LogP contribution in [0.4, 0.5) is 0 Å². The minimum absolute atomic E-state index is 0. The van der Waals surface area contributed by atoms with Crippen molar-refractivity contribution in [2.75, 3.05) is 6.54 Å². The van der Waals surface area contributed by atoms with E-state index in [0.717, 1.165) is 6.42 Å². The summed E-state index contributed by atoms with van der Waals surface area (Å²) in [6.45, 7) is 4.19. The number of hydrogen-bond donors (Lipinski definition) is 1. The van der Waals surface area contributed by atoms with Crippen LogP contribution in [-0.4, -0.2) is 6.54 Å². The Morgan fingerprint density at radius 3 is 1.71 bits per heavy atom. The molecule has 0 aromatic carbocycles. The van der Waals surface area contributed by atoms with Crippen molar-refractivity contribution in [1.82, 2.24) is 0 Å². The van der Waals surface area contributed by atoms with E-state index in [2.05, 4.69) is 16.6 Å². The molecule has 0 spiro atoms.